The maximum Gasteiger partial charge on any atom is 0.324 e. The molecule has 2 amide bonds. The van der Waals surface area contributed by atoms with Crippen LogP contribution < -0.4 is 26.8 Å². The van der Waals surface area contributed by atoms with Crippen LogP contribution in [-0.2, 0) is 5.41 Å². The summed E-state index contributed by atoms with van der Waals surface area (Å²) < 4.78 is 5.29. The minimum absolute atomic E-state index is 0.129. The number of carbonyl (C=O) groups is 1. The maximum absolute atomic E-state index is 12.4. The van der Waals surface area contributed by atoms with Gasteiger partial charge in [0.1, 0.15) is 23.7 Å². The predicted molar refractivity (Wildman–Crippen MR) is 145 cm³/mol. The maximum atomic E-state index is 12.4. The van der Waals surface area contributed by atoms with Gasteiger partial charge in [0.25, 0.3) is 0 Å². The second-order valence-corrected chi connectivity index (χ2v) is 10.1. The van der Waals surface area contributed by atoms with Crippen LogP contribution in [0.4, 0.5) is 22.2 Å². The van der Waals surface area contributed by atoms with Gasteiger partial charge in [0.05, 0.1) is 11.3 Å². The molecule has 1 aliphatic rings. The standard InChI is InChI=1S/C25H29N9O2S/c1-25(2,3)18-12-19(34-36-18)33-24(35)32-16-8-6-15(7-9-16)31-23-20(22(27)29-13-30-23)21(26)14-4-10-17(37-28)11-5-14/h4-6,8-13,15,26H,7,28H2,1-3H3,(H3,27,29,30,31)(H2,32,33,34,35). The molecule has 0 spiro atoms. The van der Waals surface area contributed by atoms with Crippen molar-refractivity contribution < 1.29 is 9.32 Å². The average Bonchev–Trinajstić information content (AvgIpc) is 3.34. The number of nitrogens with two attached hydrogens (primary N) is 2. The zero-order valence-electron chi connectivity index (χ0n) is 20.7. The van der Waals surface area contributed by atoms with Crippen molar-refractivity contribution in [2.45, 2.75) is 43.5 Å². The van der Waals surface area contributed by atoms with Gasteiger partial charge in [0.2, 0.25) is 0 Å². The van der Waals surface area contributed by atoms with Crippen LogP contribution in [0, 0.1) is 5.41 Å². The summed E-state index contributed by atoms with van der Waals surface area (Å²) in [6, 6.07) is 8.45. The van der Waals surface area contributed by atoms with E-state index in [0.29, 0.717) is 40.6 Å². The summed E-state index contributed by atoms with van der Waals surface area (Å²) in [6.07, 6.45) is 7.52. The average molecular weight is 520 g/mol. The number of benzene rings is 1. The van der Waals surface area contributed by atoms with Crippen LogP contribution in [0.1, 0.15) is 44.1 Å². The second-order valence-electron chi connectivity index (χ2n) is 9.41. The summed E-state index contributed by atoms with van der Waals surface area (Å²) in [6.45, 7) is 6.00. The van der Waals surface area contributed by atoms with Crippen molar-refractivity contribution >= 4 is 41.1 Å². The third kappa shape index (κ3) is 6.35. The second kappa shape index (κ2) is 10.8. The molecule has 3 aromatic rings. The van der Waals surface area contributed by atoms with E-state index in [2.05, 4.69) is 31.1 Å². The molecule has 8 N–H and O–H groups in total. The number of hydrogen-bond donors (Lipinski definition) is 6. The number of allylic oxidation sites excluding steroid dienone is 1. The van der Waals surface area contributed by atoms with Gasteiger partial charge in [-0.2, -0.15) is 0 Å². The zero-order valence-corrected chi connectivity index (χ0v) is 21.5. The van der Waals surface area contributed by atoms with Crippen molar-refractivity contribution in [3.63, 3.8) is 0 Å². The smallest absolute Gasteiger partial charge is 0.324 e. The third-order valence-corrected chi connectivity index (χ3v) is 6.12. The number of rotatable bonds is 7. The number of anilines is 3. The minimum atomic E-state index is -0.422. The first kappa shape index (κ1) is 25.9. The molecule has 0 bridgehead atoms. The molecule has 1 aromatic carbocycles. The van der Waals surface area contributed by atoms with Gasteiger partial charge in [-0.05, 0) is 36.6 Å². The minimum Gasteiger partial charge on any atom is -0.383 e. The van der Waals surface area contributed by atoms with Gasteiger partial charge in [-0.15, -0.1) is 0 Å². The first-order chi connectivity index (χ1) is 17.6. The highest BCUT2D eigenvalue weighted by Gasteiger charge is 2.21. The number of nitrogen functional groups attached to an aromatic ring is 1. The molecule has 1 aliphatic carbocycles. The number of nitrogens with one attached hydrogen (secondary N) is 4. The van der Waals surface area contributed by atoms with Gasteiger partial charge in [0, 0.05) is 33.7 Å². The van der Waals surface area contributed by atoms with Gasteiger partial charge >= 0.3 is 6.03 Å². The van der Waals surface area contributed by atoms with Crippen LogP contribution in [0.5, 0.6) is 0 Å². The molecule has 0 aliphatic heterocycles. The Morgan fingerprint density at radius 3 is 2.57 bits per heavy atom. The molecule has 12 heteroatoms. The number of aromatic nitrogens is 3. The van der Waals surface area contributed by atoms with E-state index in [9.17, 15) is 4.79 Å². The lowest BCUT2D eigenvalue weighted by Crippen LogP contribution is -2.30. The van der Waals surface area contributed by atoms with Crippen molar-refractivity contribution in [1.82, 2.24) is 20.4 Å². The molecule has 11 nitrogen and oxygen atoms in total. The van der Waals surface area contributed by atoms with E-state index in [4.69, 9.17) is 20.8 Å². The van der Waals surface area contributed by atoms with E-state index in [0.717, 1.165) is 16.8 Å². The summed E-state index contributed by atoms with van der Waals surface area (Å²) in [5.41, 5.74) is 7.85. The predicted octanol–water partition coefficient (Wildman–Crippen LogP) is 4.17. The SMILES string of the molecule is CC(C)(C)c1cc(NC(=O)NC2=CCC(Nc3ncnc(N)c3C(=N)c3ccc(SN)cc3)C=C2)no1. The summed E-state index contributed by atoms with van der Waals surface area (Å²) in [4.78, 5) is 21.7. The Balaban J connectivity index is 1.38. The molecule has 0 saturated heterocycles. The molecular weight excluding hydrogens is 490 g/mol. The molecule has 1 atom stereocenters. The van der Waals surface area contributed by atoms with Crippen molar-refractivity contribution in [2.75, 3.05) is 16.4 Å². The number of nitrogens with zero attached hydrogens (tertiary/aromatic N) is 3. The molecule has 2 aromatic heterocycles. The lowest BCUT2D eigenvalue weighted by Gasteiger charge is -2.21. The normalized spacial score (nSPS) is 15.1. The number of urea groups is 1. The number of carbonyl (C=O) groups excluding carboxylic acids is 1. The molecule has 37 heavy (non-hydrogen) atoms. The lowest BCUT2D eigenvalue weighted by atomic mass is 9.93. The van der Waals surface area contributed by atoms with E-state index in [1.807, 2.05) is 57.2 Å². The van der Waals surface area contributed by atoms with Crippen LogP contribution in [0.15, 0.2) is 70.0 Å². The summed E-state index contributed by atoms with van der Waals surface area (Å²) in [7, 11) is 0. The first-order valence-electron chi connectivity index (χ1n) is 11.5. The topological polar surface area (TPSA) is 181 Å². The fourth-order valence-electron chi connectivity index (χ4n) is 3.56. The Bertz CT molecular complexity index is 1360. The molecule has 4 rings (SSSR count). The van der Waals surface area contributed by atoms with E-state index < -0.39 is 6.03 Å². The monoisotopic (exact) mass is 519 g/mol. The first-order valence-corrected chi connectivity index (χ1v) is 12.4. The largest absolute Gasteiger partial charge is 0.383 e. The fourth-order valence-corrected chi connectivity index (χ4v) is 3.85. The van der Waals surface area contributed by atoms with Crippen LogP contribution >= 0.6 is 11.9 Å². The molecule has 0 fully saturated rings. The molecule has 2 heterocycles. The van der Waals surface area contributed by atoms with Crippen molar-refractivity contribution in [2.24, 2.45) is 5.14 Å². The molecule has 1 unspecified atom stereocenters. The van der Waals surface area contributed by atoms with E-state index in [-0.39, 0.29) is 23.0 Å². The highest BCUT2D eigenvalue weighted by Crippen LogP contribution is 2.26. The van der Waals surface area contributed by atoms with E-state index >= 15 is 0 Å². The summed E-state index contributed by atoms with van der Waals surface area (Å²) in [5.74, 6) is 1.68. The van der Waals surface area contributed by atoms with E-state index in [1.54, 1.807) is 12.1 Å². The highest BCUT2D eigenvalue weighted by molar-refractivity contribution is 7.97. The van der Waals surface area contributed by atoms with Crippen LogP contribution in [0.3, 0.4) is 0 Å². The Morgan fingerprint density at radius 1 is 1.19 bits per heavy atom. The number of hydrogen-bond acceptors (Lipinski definition) is 10. The Labute approximate surface area is 218 Å². The molecule has 192 valence electrons. The van der Waals surface area contributed by atoms with Crippen LogP contribution in [0.25, 0.3) is 0 Å². The Hall–Kier alpha value is -4.16. The fraction of sp³-hybridized carbons (Fsp3) is 0.240. The van der Waals surface area contributed by atoms with Crippen LogP contribution in [-0.4, -0.2) is 32.9 Å². The summed E-state index contributed by atoms with van der Waals surface area (Å²) in [5, 5.41) is 27.0. The van der Waals surface area contributed by atoms with Gasteiger partial charge in [-0.3, -0.25) is 15.9 Å². The van der Waals surface area contributed by atoms with Gasteiger partial charge < -0.3 is 20.9 Å². The molecule has 0 radical (unpaired) electrons. The number of amides is 2. The van der Waals surface area contributed by atoms with Crippen molar-refractivity contribution in [3.05, 3.63) is 77.5 Å². The molecule has 0 saturated carbocycles. The van der Waals surface area contributed by atoms with Crippen molar-refractivity contribution in [3.8, 4) is 0 Å². The van der Waals surface area contributed by atoms with Gasteiger partial charge in [-0.1, -0.05) is 50.2 Å². The summed E-state index contributed by atoms with van der Waals surface area (Å²) >= 11 is 1.14. The lowest BCUT2D eigenvalue weighted by molar-refractivity contribution is 0.254. The Morgan fingerprint density at radius 2 is 1.95 bits per heavy atom. The Kier molecular flexibility index (Phi) is 7.60. The van der Waals surface area contributed by atoms with E-state index in [1.165, 1.54) is 6.33 Å². The third-order valence-electron chi connectivity index (χ3n) is 5.58. The van der Waals surface area contributed by atoms with Gasteiger partial charge in [0.15, 0.2) is 5.82 Å². The quantitative estimate of drug-likeness (QED) is 0.197. The molecular formula is C25H29N9O2S. The highest BCUT2D eigenvalue weighted by atomic mass is 32.2. The zero-order chi connectivity index (χ0) is 26.6. The van der Waals surface area contributed by atoms with Crippen molar-refractivity contribution in [1.29, 1.82) is 5.41 Å². The van der Waals surface area contributed by atoms with Crippen LogP contribution in [0.2, 0.25) is 0 Å². The van der Waals surface area contributed by atoms with Gasteiger partial charge in [-0.25, -0.2) is 14.8 Å².